The fourth-order valence-corrected chi connectivity index (χ4v) is 3.89. The van der Waals surface area contributed by atoms with Crippen molar-refractivity contribution >= 4 is 17.6 Å². The maximum absolute atomic E-state index is 12.8. The average Bonchev–Trinajstić information content (AvgIpc) is 2.81. The van der Waals surface area contributed by atoms with Crippen molar-refractivity contribution in [1.82, 2.24) is 15.2 Å². The first-order chi connectivity index (χ1) is 15.6. The Kier molecular flexibility index (Phi) is 7.24. The number of benzene rings is 1. The molecule has 0 radical (unpaired) electrons. The van der Waals surface area contributed by atoms with Crippen LogP contribution >= 0.6 is 0 Å². The van der Waals surface area contributed by atoms with Crippen molar-refractivity contribution in [2.75, 3.05) is 26.3 Å². The molecule has 1 N–H and O–H groups in total. The molecule has 0 aliphatic carbocycles. The third kappa shape index (κ3) is 5.77. The molecule has 2 saturated heterocycles. The number of ether oxygens (including phenoxy) is 2. The lowest BCUT2D eigenvalue weighted by molar-refractivity contribution is -0.136. The lowest BCUT2D eigenvalue weighted by Crippen LogP contribution is -2.41. The van der Waals surface area contributed by atoms with Gasteiger partial charge in [-0.25, -0.2) is 4.98 Å². The first-order valence-electron chi connectivity index (χ1n) is 10.9. The van der Waals surface area contributed by atoms with E-state index >= 15 is 0 Å². The normalized spacial score (nSPS) is 19.4. The van der Waals surface area contributed by atoms with Crippen LogP contribution in [0.3, 0.4) is 0 Å². The average molecular weight is 437 g/mol. The summed E-state index contributed by atoms with van der Waals surface area (Å²) in [6.07, 6.45) is 2.15. The Bertz CT molecular complexity index is 970. The molecular weight excluding hydrogens is 410 g/mol. The third-order valence-corrected chi connectivity index (χ3v) is 5.75. The van der Waals surface area contributed by atoms with E-state index in [1.807, 2.05) is 12.1 Å². The zero-order chi connectivity index (χ0) is 22.3. The van der Waals surface area contributed by atoms with Crippen LogP contribution in [0.2, 0.25) is 0 Å². The highest BCUT2D eigenvalue weighted by atomic mass is 16.5. The number of pyridine rings is 1. The number of morpholine rings is 1. The molecule has 0 saturated carbocycles. The zero-order valence-electron chi connectivity index (χ0n) is 17.9. The Labute approximate surface area is 186 Å². The van der Waals surface area contributed by atoms with Gasteiger partial charge in [0.25, 0.3) is 0 Å². The number of hydrogen-bond donors (Lipinski definition) is 1. The van der Waals surface area contributed by atoms with Crippen LogP contribution in [-0.4, -0.2) is 53.8 Å². The Morgan fingerprint density at radius 2 is 1.88 bits per heavy atom. The number of piperidine rings is 1. The highest BCUT2D eigenvalue weighted by Crippen LogP contribution is 2.23. The zero-order valence-corrected chi connectivity index (χ0v) is 17.9. The van der Waals surface area contributed by atoms with Gasteiger partial charge in [0.05, 0.1) is 13.2 Å². The minimum absolute atomic E-state index is 0.00270. The first kappa shape index (κ1) is 22.1. The van der Waals surface area contributed by atoms with Crippen molar-refractivity contribution < 1.29 is 23.9 Å². The number of nitrogens with one attached hydrogen (secondary N) is 1. The van der Waals surface area contributed by atoms with Gasteiger partial charge in [0.15, 0.2) is 5.78 Å². The highest BCUT2D eigenvalue weighted by Gasteiger charge is 2.30. The van der Waals surface area contributed by atoms with Gasteiger partial charge in [0, 0.05) is 44.6 Å². The van der Waals surface area contributed by atoms with Crippen molar-refractivity contribution in [2.24, 2.45) is 5.92 Å². The van der Waals surface area contributed by atoms with E-state index in [-0.39, 0.29) is 30.2 Å². The SMILES string of the molecule is O=C1CCC(CC(=O)c2ncccc2OCc2ccc(CN3CCOCC3)cc2)C(=O)N1. The summed E-state index contributed by atoms with van der Waals surface area (Å²) in [4.78, 5) is 42.6. The minimum Gasteiger partial charge on any atom is -0.487 e. The number of rotatable bonds is 8. The monoisotopic (exact) mass is 437 g/mol. The smallest absolute Gasteiger partial charge is 0.230 e. The van der Waals surface area contributed by atoms with E-state index < -0.39 is 11.8 Å². The van der Waals surface area contributed by atoms with Crippen LogP contribution in [0.1, 0.15) is 40.9 Å². The van der Waals surface area contributed by atoms with Gasteiger partial charge in [-0.1, -0.05) is 24.3 Å². The first-order valence-corrected chi connectivity index (χ1v) is 10.9. The van der Waals surface area contributed by atoms with E-state index in [4.69, 9.17) is 9.47 Å². The molecule has 8 heteroatoms. The molecule has 0 bridgehead atoms. The minimum atomic E-state index is -0.519. The number of nitrogens with zero attached hydrogens (tertiary/aromatic N) is 2. The molecule has 2 fully saturated rings. The summed E-state index contributed by atoms with van der Waals surface area (Å²) in [5, 5.41) is 2.29. The van der Waals surface area contributed by atoms with Gasteiger partial charge in [-0.2, -0.15) is 0 Å². The molecule has 32 heavy (non-hydrogen) atoms. The summed E-state index contributed by atoms with van der Waals surface area (Å²) in [5.74, 6) is -1.09. The molecule has 1 atom stereocenters. The lowest BCUT2D eigenvalue weighted by atomic mass is 9.92. The molecule has 2 aliphatic rings. The number of carbonyl (C=O) groups excluding carboxylic acids is 3. The fourth-order valence-electron chi connectivity index (χ4n) is 3.89. The van der Waals surface area contributed by atoms with Gasteiger partial charge in [0.1, 0.15) is 18.1 Å². The molecule has 4 rings (SSSR count). The van der Waals surface area contributed by atoms with Gasteiger partial charge in [0.2, 0.25) is 11.8 Å². The van der Waals surface area contributed by atoms with Crippen LogP contribution < -0.4 is 10.1 Å². The van der Waals surface area contributed by atoms with Crippen LogP contribution in [0.15, 0.2) is 42.6 Å². The van der Waals surface area contributed by atoms with Gasteiger partial charge in [-0.15, -0.1) is 0 Å². The molecule has 0 spiro atoms. The van der Waals surface area contributed by atoms with Crippen molar-refractivity contribution in [1.29, 1.82) is 0 Å². The number of aromatic nitrogens is 1. The van der Waals surface area contributed by atoms with E-state index in [0.717, 1.165) is 38.4 Å². The van der Waals surface area contributed by atoms with Crippen molar-refractivity contribution in [2.45, 2.75) is 32.4 Å². The lowest BCUT2D eigenvalue weighted by Gasteiger charge is -2.26. The second kappa shape index (κ2) is 10.5. The topological polar surface area (TPSA) is 97.8 Å². The molecule has 8 nitrogen and oxygen atoms in total. The summed E-state index contributed by atoms with van der Waals surface area (Å²) in [7, 11) is 0. The number of ketones is 1. The van der Waals surface area contributed by atoms with Crippen LogP contribution in [0, 0.1) is 5.92 Å². The molecule has 2 amide bonds. The van der Waals surface area contributed by atoms with E-state index in [9.17, 15) is 14.4 Å². The molecule has 1 aromatic heterocycles. The van der Waals surface area contributed by atoms with Gasteiger partial charge in [-0.3, -0.25) is 24.6 Å². The Balaban J connectivity index is 1.34. The number of carbonyl (C=O) groups is 3. The van der Waals surface area contributed by atoms with Gasteiger partial charge < -0.3 is 9.47 Å². The van der Waals surface area contributed by atoms with Crippen LogP contribution in [-0.2, 0) is 27.5 Å². The number of amides is 2. The van der Waals surface area contributed by atoms with Gasteiger partial charge >= 0.3 is 0 Å². The van der Waals surface area contributed by atoms with Crippen molar-refractivity contribution in [3.8, 4) is 5.75 Å². The van der Waals surface area contributed by atoms with Crippen LogP contribution in [0.5, 0.6) is 5.75 Å². The predicted octanol–water partition coefficient (Wildman–Crippen LogP) is 2.12. The van der Waals surface area contributed by atoms with E-state index in [1.54, 1.807) is 12.1 Å². The summed E-state index contributed by atoms with van der Waals surface area (Å²) in [5.41, 5.74) is 2.43. The Morgan fingerprint density at radius 3 is 2.62 bits per heavy atom. The molecule has 3 heterocycles. The molecule has 2 aliphatic heterocycles. The van der Waals surface area contributed by atoms with E-state index in [0.29, 0.717) is 18.8 Å². The fraction of sp³-hybridized carbons (Fsp3) is 0.417. The molecular formula is C24H27N3O5. The van der Waals surface area contributed by atoms with E-state index in [2.05, 4.69) is 27.3 Å². The van der Waals surface area contributed by atoms with Crippen molar-refractivity contribution in [3.05, 3.63) is 59.4 Å². The predicted molar refractivity (Wildman–Crippen MR) is 116 cm³/mol. The second-order valence-corrected chi connectivity index (χ2v) is 8.12. The van der Waals surface area contributed by atoms with E-state index in [1.165, 1.54) is 11.8 Å². The maximum atomic E-state index is 12.8. The maximum Gasteiger partial charge on any atom is 0.230 e. The Hall–Kier alpha value is -3.10. The summed E-state index contributed by atoms with van der Waals surface area (Å²) in [6.45, 7) is 4.65. The van der Waals surface area contributed by atoms with Gasteiger partial charge in [-0.05, 0) is 29.7 Å². The van der Waals surface area contributed by atoms with Crippen LogP contribution in [0.25, 0.3) is 0 Å². The number of Topliss-reactive ketones (excluding diaryl/α,β-unsaturated/α-hetero) is 1. The summed E-state index contributed by atoms with van der Waals surface area (Å²) >= 11 is 0. The quantitative estimate of drug-likeness (QED) is 0.499. The van der Waals surface area contributed by atoms with Crippen molar-refractivity contribution in [3.63, 3.8) is 0 Å². The molecule has 1 unspecified atom stereocenters. The summed E-state index contributed by atoms with van der Waals surface area (Å²) < 4.78 is 11.3. The standard InChI is InChI=1S/C24H27N3O5/c28-20(14-19-7-8-22(29)26-24(19)30)23-21(2-1-9-25-23)32-16-18-5-3-17(4-6-18)15-27-10-12-31-13-11-27/h1-6,9,19H,7-8,10-16H2,(H,26,29,30). The molecule has 1 aromatic carbocycles. The van der Waals surface area contributed by atoms with Crippen LogP contribution in [0.4, 0.5) is 0 Å². The highest BCUT2D eigenvalue weighted by molar-refractivity contribution is 6.03. The Morgan fingerprint density at radius 1 is 1.12 bits per heavy atom. The largest absolute Gasteiger partial charge is 0.487 e. The second-order valence-electron chi connectivity index (χ2n) is 8.12. The number of imide groups is 1. The number of hydrogen-bond acceptors (Lipinski definition) is 7. The molecule has 2 aromatic rings. The summed E-state index contributed by atoms with van der Waals surface area (Å²) in [6, 6.07) is 11.6. The molecule has 168 valence electrons. The third-order valence-electron chi connectivity index (χ3n) is 5.75.